The van der Waals surface area contributed by atoms with E-state index >= 15 is 0 Å². The first-order valence-electron chi connectivity index (χ1n) is 5.16. The summed E-state index contributed by atoms with van der Waals surface area (Å²) in [4.78, 5) is 22.2. The Morgan fingerprint density at radius 3 is 2.42 bits per heavy atom. The van der Waals surface area contributed by atoms with Gasteiger partial charge in [-0.05, 0) is 12.1 Å². The van der Waals surface area contributed by atoms with Crippen LogP contribution < -0.4 is 11.1 Å². The van der Waals surface area contributed by atoms with Crippen molar-refractivity contribution in [2.45, 2.75) is 18.8 Å². The maximum atomic E-state index is 12.2. The molecule has 1 rings (SSSR count). The lowest BCUT2D eigenvalue weighted by atomic mass is 10.0. The van der Waals surface area contributed by atoms with Crippen molar-refractivity contribution in [1.29, 1.82) is 0 Å². The van der Waals surface area contributed by atoms with Crippen molar-refractivity contribution in [3.05, 3.63) is 29.8 Å². The lowest BCUT2D eigenvalue weighted by Crippen LogP contribution is -2.33. The van der Waals surface area contributed by atoms with Gasteiger partial charge in [-0.25, -0.2) is 0 Å². The molecule has 0 bridgehead atoms. The summed E-state index contributed by atoms with van der Waals surface area (Å²) in [7, 11) is 0. The van der Waals surface area contributed by atoms with E-state index in [1.165, 1.54) is 23.5 Å². The number of carbonyl (C=O) groups is 2. The number of benzene rings is 1. The van der Waals surface area contributed by atoms with Crippen molar-refractivity contribution >= 4 is 17.4 Å². The van der Waals surface area contributed by atoms with Gasteiger partial charge in [0.15, 0.2) is 5.78 Å². The van der Waals surface area contributed by atoms with Crippen molar-refractivity contribution in [2.75, 3.05) is 5.32 Å². The van der Waals surface area contributed by atoms with Crippen LogP contribution in [0, 0.1) is 0 Å². The lowest BCUT2D eigenvalue weighted by molar-refractivity contribution is -0.138. The normalized spacial score (nSPS) is 12.8. The number of alkyl halides is 3. The predicted molar refractivity (Wildman–Crippen MR) is 60.7 cm³/mol. The number of halogens is 3. The number of carboxylic acid groups (broad SMARTS) is 1. The van der Waals surface area contributed by atoms with E-state index < -0.39 is 36.2 Å². The lowest BCUT2D eigenvalue weighted by Gasteiger charge is -2.14. The number of aliphatic carboxylic acids is 1. The SMILES string of the molecule is NC(CC(=O)c1ccccc1NC(F)(F)F)C(=O)O. The summed E-state index contributed by atoms with van der Waals surface area (Å²) in [5.74, 6) is -2.17. The molecular formula is C11H11F3N2O3. The highest BCUT2D eigenvalue weighted by molar-refractivity contribution is 6.03. The standard InChI is InChI=1S/C11H11F3N2O3/c12-11(13,14)16-8-4-2-1-3-6(8)9(17)5-7(15)10(18)19/h1-4,7,16H,5,15H2,(H,18,19). The molecule has 0 spiro atoms. The highest BCUT2D eigenvalue weighted by Gasteiger charge is 2.29. The van der Waals surface area contributed by atoms with Crippen molar-refractivity contribution in [1.82, 2.24) is 0 Å². The third kappa shape index (κ3) is 4.59. The van der Waals surface area contributed by atoms with E-state index in [2.05, 4.69) is 0 Å². The molecule has 1 aromatic rings. The molecule has 0 saturated carbocycles. The molecule has 0 fully saturated rings. The summed E-state index contributed by atoms with van der Waals surface area (Å²) < 4.78 is 36.7. The molecule has 0 aliphatic heterocycles. The van der Waals surface area contributed by atoms with Crippen LogP contribution in [0.1, 0.15) is 16.8 Å². The second kappa shape index (κ2) is 5.70. The smallest absolute Gasteiger partial charge is 0.480 e. The van der Waals surface area contributed by atoms with Gasteiger partial charge in [0.05, 0.1) is 5.69 Å². The Labute approximate surface area is 106 Å². The monoisotopic (exact) mass is 276 g/mol. The van der Waals surface area contributed by atoms with Crippen LogP contribution in [0.4, 0.5) is 18.9 Å². The number of rotatable bonds is 5. The first kappa shape index (κ1) is 15.0. The van der Waals surface area contributed by atoms with Crippen LogP contribution in [0.5, 0.6) is 0 Å². The number of carboxylic acids is 1. The third-order valence-corrected chi connectivity index (χ3v) is 2.23. The van der Waals surface area contributed by atoms with Gasteiger partial charge in [0.2, 0.25) is 0 Å². The minimum atomic E-state index is -4.69. The number of hydrogen-bond donors (Lipinski definition) is 3. The molecular weight excluding hydrogens is 265 g/mol. The van der Waals surface area contributed by atoms with Crippen molar-refractivity contribution in [3.63, 3.8) is 0 Å². The second-order valence-corrected chi connectivity index (χ2v) is 3.74. The summed E-state index contributed by atoms with van der Waals surface area (Å²) in [6, 6.07) is 3.49. The quantitative estimate of drug-likeness (QED) is 0.561. The molecule has 0 radical (unpaired) electrons. The maximum absolute atomic E-state index is 12.2. The molecule has 1 unspecified atom stereocenters. The molecule has 19 heavy (non-hydrogen) atoms. The Bertz CT molecular complexity index is 488. The fraction of sp³-hybridized carbons (Fsp3) is 0.273. The van der Waals surface area contributed by atoms with Crippen LogP contribution in [0.2, 0.25) is 0 Å². The fourth-order valence-corrected chi connectivity index (χ4v) is 1.38. The summed E-state index contributed by atoms with van der Waals surface area (Å²) in [6.07, 6.45) is -5.27. The maximum Gasteiger partial charge on any atom is 0.482 e. The molecule has 8 heteroatoms. The topological polar surface area (TPSA) is 92.4 Å². The van der Waals surface area contributed by atoms with E-state index in [0.29, 0.717) is 0 Å². The fourth-order valence-electron chi connectivity index (χ4n) is 1.38. The van der Waals surface area contributed by atoms with Gasteiger partial charge in [0, 0.05) is 12.0 Å². The van der Waals surface area contributed by atoms with Crippen molar-refractivity contribution in [2.24, 2.45) is 5.73 Å². The highest BCUT2D eigenvalue weighted by Crippen LogP contribution is 2.24. The van der Waals surface area contributed by atoms with E-state index in [1.807, 2.05) is 0 Å². The molecule has 0 aromatic heterocycles. The van der Waals surface area contributed by atoms with E-state index in [0.717, 1.165) is 6.07 Å². The minimum Gasteiger partial charge on any atom is -0.480 e. The summed E-state index contributed by atoms with van der Waals surface area (Å²) in [5.41, 5.74) is 4.48. The average molecular weight is 276 g/mol. The summed E-state index contributed by atoms with van der Waals surface area (Å²) >= 11 is 0. The van der Waals surface area contributed by atoms with E-state index in [9.17, 15) is 22.8 Å². The summed E-state index contributed by atoms with van der Waals surface area (Å²) in [6.45, 7) is 0. The predicted octanol–water partition coefficient (Wildman–Crippen LogP) is 1.60. The first-order chi connectivity index (χ1) is 8.70. The number of para-hydroxylation sites is 1. The van der Waals surface area contributed by atoms with Gasteiger partial charge in [-0.15, -0.1) is 0 Å². The molecule has 0 heterocycles. The number of anilines is 1. The van der Waals surface area contributed by atoms with Gasteiger partial charge in [-0.1, -0.05) is 12.1 Å². The van der Waals surface area contributed by atoms with Crippen LogP contribution >= 0.6 is 0 Å². The number of hydrogen-bond acceptors (Lipinski definition) is 4. The Balaban J connectivity index is 2.94. The Hall–Kier alpha value is -2.09. The molecule has 0 amide bonds. The Kier molecular flexibility index (Phi) is 4.49. The number of Topliss-reactive ketones (excluding diaryl/α,β-unsaturated/α-hetero) is 1. The van der Waals surface area contributed by atoms with E-state index in [-0.39, 0.29) is 5.56 Å². The zero-order valence-electron chi connectivity index (χ0n) is 9.57. The zero-order valence-corrected chi connectivity index (χ0v) is 9.57. The molecule has 0 aliphatic carbocycles. The van der Waals surface area contributed by atoms with Crippen LogP contribution in [0.3, 0.4) is 0 Å². The Morgan fingerprint density at radius 1 is 1.32 bits per heavy atom. The molecule has 1 atom stereocenters. The molecule has 4 N–H and O–H groups in total. The Morgan fingerprint density at radius 2 is 1.89 bits per heavy atom. The third-order valence-electron chi connectivity index (χ3n) is 2.23. The molecule has 5 nitrogen and oxygen atoms in total. The molecule has 0 aliphatic rings. The highest BCUT2D eigenvalue weighted by atomic mass is 19.4. The van der Waals surface area contributed by atoms with Gasteiger partial charge in [0.1, 0.15) is 6.04 Å². The van der Waals surface area contributed by atoms with E-state index in [1.54, 1.807) is 0 Å². The van der Waals surface area contributed by atoms with Gasteiger partial charge in [-0.3, -0.25) is 14.9 Å². The van der Waals surface area contributed by atoms with Gasteiger partial charge >= 0.3 is 12.3 Å². The number of carbonyl (C=O) groups excluding carboxylic acids is 1. The number of nitrogens with one attached hydrogen (secondary N) is 1. The molecule has 104 valence electrons. The zero-order chi connectivity index (χ0) is 14.6. The average Bonchev–Trinajstić information content (AvgIpc) is 2.27. The van der Waals surface area contributed by atoms with Gasteiger partial charge in [0.25, 0.3) is 0 Å². The van der Waals surface area contributed by atoms with Crippen LogP contribution in [-0.4, -0.2) is 29.2 Å². The van der Waals surface area contributed by atoms with Gasteiger partial charge in [-0.2, -0.15) is 13.2 Å². The van der Waals surface area contributed by atoms with Gasteiger partial charge < -0.3 is 10.8 Å². The van der Waals surface area contributed by atoms with E-state index in [4.69, 9.17) is 10.8 Å². The molecule has 1 aromatic carbocycles. The van der Waals surface area contributed by atoms with Crippen LogP contribution in [-0.2, 0) is 4.79 Å². The largest absolute Gasteiger partial charge is 0.482 e. The second-order valence-electron chi connectivity index (χ2n) is 3.74. The van der Waals surface area contributed by atoms with Crippen LogP contribution in [0.25, 0.3) is 0 Å². The number of ketones is 1. The number of nitrogens with two attached hydrogens (primary N) is 1. The van der Waals surface area contributed by atoms with Crippen LogP contribution in [0.15, 0.2) is 24.3 Å². The summed E-state index contributed by atoms with van der Waals surface area (Å²) in [5, 5.41) is 9.78. The van der Waals surface area contributed by atoms with Crippen molar-refractivity contribution < 1.29 is 27.9 Å². The first-order valence-corrected chi connectivity index (χ1v) is 5.16. The minimum absolute atomic E-state index is 0.253. The van der Waals surface area contributed by atoms with Crippen molar-refractivity contribution in [3.8, 4) is 0 Å². The molecule has 0 saturated heterocycles.